The third-order valence-corrected chi connectivity index (χ3v) is 3.88. The molecule has 2 N–H and O–H groups in total. The van der Waals surface area contributed by atoms with E-state index in [4.69, 9.17) is 0 Å². The van der Waals surface area contributed by atoms with Crippen LogP contribution in [0.4, 0.5) is 0 Å². The molecule has 1 fully saturated rings. The predicted molar refractivity (Wildman–Crippen MR) is 72.5 cm³/mol. The highest BCUT2D eigenvalue weighted by molar-refractivity contribution is 5.75. The van der Waals surface area contributed by atoms with Crippen LogP contribution < -0.4 is 10.6 Å². The number of aryl methyl sites for hydroxylation is 1. The Bertz CT molecular complexity index is 401. The van der Waals surface area contributed by atoms with Gasteiger partial charge in [-0.2, -0.15) is 0 Å². The van der Waals surface area contributed by atoms with Crippen molar-refractivity contribution in [2.75, 3.05) is 13.1 Å². The molecule has 6 nitrogen and oxygen atoms in total. The number of amides is 1. The lowest BCUT2D eigenvalue weighted by Crippen LogP contribution is -2.52. The molecule has 0 radical (unpaired) electrons. The predicted octanol–water partition coefficient (Wildman–Crippen LogP) is 0.563. The molecule has 106 valence electrons. The topological polar surface area (TPSA) is 71.8 Å². The molecule has 1 aromatic rings. The third-order valence-electron chi connectivity index (χ3n) is 3.88. The van der Waals surface area contributed by atoms with E-state index in [1.807, 2.05) is 0 Å². The SMILES string of the molecule is CC1(C)CCCNC1CNC(=O)CCn1ccnn1. The van der Waals surface area contributed by atoms with Crippen molar-refractivity contribution in [1.82, 2.24) is 25.6 Å². The van der Waals surface area contributed by atoms with Crippen LogP contribution in [0.15, 0.2) is 12.4 Å². The number of rotatable bonds is 5. The van der Waals surface area contributed by atoms with E-state index < -0.39 is 0 Å². The summed E-state index contributed by atoms with van der Waals surface area (Å²) in [6, 6.07) is 0.358. The molecule has 1 amide bonds. The van der Waals surface area contributed by atoms with Gasteiger partial charge in [0.2, 0.25) is 5.91 Å². The molecule has 0 aromatic carbocycles. The molecule has 0 bridgehead atoms. The Morgan fingerprint density at radius 3 is 3.11 bits per heavy atom. The molecule has 1 unspecified atom stereocenters. The highest BCUT2D eigenvalue weighted by Gasteiger charge is 2.31. The number of nitrogens with zero attached hydrogens (tertiary/aromatic N) is 3. The summed E-state index contributed by atoms with van der Waals surface area (Å²) >= 11 is 0. The van der Waals surface area contributed by atoms with Crippen molar-refractivity contribution in [2.24, 2.45) is 5.41 Å². The molecule has 1 aromatic heterocycles. The van der Waals surface area contributed by atoms with Gasteiger partial charge in [0.05, 0.1) is 12.7 Å². The van der Waals surface area contributed by atoms with E-state index in [-0.39, 0.29) is 11.3 Å². The number of carbonyl (C=O) groups is 1. The third kappa shape index (κ3) is 4.02. The fourth-order valence-corrected chi connectivity index (χ4v) is 2.49. The largest absolute Gasteiger partial charge is 0.354 e. The lowest BCUT2D eigenvalue weighted by Gasteiger charge is -2.39. The molecule has 1 aliphatic rings. The van der Waals surface area contributed by atoms with Crippen LogP contribution >= 0.6 is 0 Å². The van der Waals surface area contributed by atoms with Crippen molar-refractivity contribution >= 4 is 5.91 Å². The molecule has 19 heavy (non-hydrogen) atoms. The van der Waals surface area contributed by atoms with Gasteiger partial charge in [-0.3, -0.25) is 9.48 Å². The summed E-state index contributed by atoms with van der Waals surface area (Å²) in [6.07, 6.45) is 6.24. The molecule has 0 spiro atoms. The van der Waals surface area contributed by atoms with Gasteiger partial charge in [-0.05, 0) is 24.8 Å². The Labute approximate surface area is 113 Å². The van der Waals surface area contributed by atoms with E-state index in [1.54, 1.807) is 17.1 Å². The van der Waals surface area contributed by atoms with Crippen LogP contribution in [-0.4, -0.2) is 40.0 Å². The van der Waals surface area contributed by atoms with E-state index in [1.165, 1.54) is 12.8 Å². The molecule has 1 aliphatic heterocycles. The van der Waals surface area contributed by atoms with Gasteiger partial charge in [0, 0.05) is 25.2 Å². The number of carbonyl (C=O) groups excluding carboxylic acids is 1. The highest BCUT2D eigenvalue weighted by Crippen LogP contribution is 2.29. The van der Waals surface area contributed by atoms with E-state index in [0.29, 0.717) is 25.6 Å². The molecule has 6 heteroatoms. The average Bonchev–Trinajstić information content (AvgIpc) is 2.87. The summed E-state index contributed by atoms with van der Waals surface area (Å²) in [7, 11) is 0. The summed E-state index contributed by atoms with van der Waals surface area (Å²) in [5.41, 5.74) is 0.247. The molecule has 0 saturated carbocycles. The van der Waals surface area contributed by atoms with Crippen molar-refractivity contribution in [3.63, 3.8) is 0 Å². The monoisotopic (exact) mass is 265 g/mol. The van der Waals surface area contributed by atoms with Gasteiger partial charge in [0.1, 0.15) is 0 Å². The van der Waals surface area contributed by atoms with Gasteiger partial charge < -0.3 is 10.6 Å². The molecule has 1 saturated heterocycles. The first-order valence-electron chi connectivity index (χ1n) is 6.92. The van der Waals surface area contributed by atoms with Crippen molar-refractivity contribution in [3.8, 4) is 0 Å². The van der Waals surface area contributed by atoms with Crippen molar-refractivity contribution in [3.05, 3.63) is 12.4 Å². The van der Waals surface area contributed by atoms with E-state index >= 15 is 0 Å². The Morgan fingerprint density at radius 1 is 1.58 bits per heavy atom. The molecule has 2 rings (SSSR count). The maximum atomic E-state index is 11.8. The van der Waals surface area contributed by atoms with Gasteiger partial charge in [0.25, 0.3) is 0 Å². The molecule has 1 atom stereocenters. The lowest BCUT2D eigenvalue weighted by atomic mass is 9.77. The van der Waals surface area contributed by atoms with Crippen LogP contribution in [0.3, 0.4) is 0 Å². The van der Waals surface area contributed by atoms with Gasteiger partial charge in [-0.15, -0.1) is 5.10 Å². The zero-order chi connectivity index (χ0) is 13.7. The van der Waals surface area contributed by atoms with Gasteiger partial charge in [-0.25, -0.2) is 0 Å². The summed E-state index contributed by atoms with van der Waals surface area (Å²) in [4.78, 5) is 11.8. The van der Waals surface area contributed by atoms with Gasteiger partial charge >= 0.3 is 0 Å². The summed E-state index contributed by atoms with van der Waals surface area (Å²) in [5.74, 6) is 0.0682. The number of piperidine rings is 1. The normalized spacial score (nSPS) is 22.1. The van der Waals surface area contributed by atoms with Crippen molar-refractivity contribution in [2.45, 2.75) is 45.7 Å². The lowest BCUT2D eigenvalue weighted by molar-refractivity contribution is -0.121. The Balaban J connectivity index is 1.71. The van der Waals surface area contributed by atoms with E-state index in [9.17, 15) is 4.79 Å². The fraction of sp³-hybridized carbons (Fsp3) is 0.769. The Morgan fingerprint density at radius 2 is 2.42 bits per heavy atom. The number of aromatic nitrogens is 3. The molecular formula is C13H23N5O. The van der Waals surface area contributed by atoms with E-state index in [2.05, 4.69) is 34.8 Å². The highest BCUT2D eigenvalue weighted by atomic mass is 16.1. The number of nitrogens with one attached hydrogen (secondary N) is 2. The Kier molecular flexibility index (Phi) is 4.52. The van der Waals surface area contributed by atoms with Crippen LogP contribution in [0.25, 0.3) is 0 Å². The first-order valence-corrected chi connectivity index (χ1v) is 6.92. The van der Waals surface area contributed by atoms with Crippen LogP contribution in [0.1, 0.15) is 33.1 Å². The van der Waals surface area contributed by atoms with Gasteiger partial charge in [-0.1, -0.05) is 19.1 Å². The summed E-state index contributed by atoms with van der Waals surface area (Å²) in [5, 5.41) is 14.0. The van der Waals surface area contributed by atoms with Crippen LogP contribution in [0.2, 0.25) is 0 Å². The minimum absolute atomic E-state index is 0.0682. The number of hydrogen-bond donors (Lipinski definition) is 2. The maximum Gasteiger partial charge on any atom is 0.221 e. The first-order chi connectivity index (χ1) is 9.08. The quantitative estimate of drug-likeness (QED) is 0.816. The standard InChI is InChI=1S/C13H23N5O/c1-13(2)5-3-6-14-11(13)10-15-12(19)4-8-18-9-7-16-17-18/h7,9,11,14H,3-6,8,10H2,1-2H3,(H,15,19). The van der Waals surface area contributed by atoms with Crippen LogP contribution in [0, 0.1) is 5.41 Å². The zero-order valence-corrected chi connectivity index (χ0v) is 11.7. The molecule has 0 aliphatic carbocycles. The smallest absolute Gasteiger partial charge is 0.221 e. The van der Waals surface area contributed by atoms with E-state index in [0.717, 1.165) is 6.54 Å². The summed E-state index contributed by atoms with van der Waals surface area (Å²) < 4.78 is 1.67. The number of hydrogen-bond acceptors (Lipinski definition) is 4. The minimum atomic E-state index is 0.0682. The van der Waals surface area contributed by atoms with Crippen LogP contribution in [0.5, 0.6) is 0 Å². The molecular weight excluding hydrogens is 242 g/mol. The second kappa shape index (κ2) is 6.14. The van der Waals surface area contributed by atoms with Crippen molar-refractivity contribution < 1.29 is 4.79 Å². The maximum absolute atomic E-state index is 11.8. The zero-order valence-electron chi connectivity index (χ0n) is 11.7. The van der Waals surface area contributed by atoms with Gasteiger partial charge in [0.15, 0.2) is 0 Å². The minimum Gasteiger partial charge on any atom is -0.354 e. The second-order valence-corrected chi connectivity index (χ2v) is 5.82. The second-order valence-electron chi connectivity index (χ2n) is 5.82. The van der Waals surface area contributed by atoms with Crippen LogP contribution in [-0.2, 0) is 11.3 Å². The fourth-order valence-electron chi connectivity index (χ4n) is 2.49. The molecule has 2 heterocycles. The Hall–Kier alpha value is -1.43. The summed E-state index contributed by atoms with van der Waals surface area (Å²) in [6.45, 7) is 6.83. The first kappa shape index (κ1) is 14.0. The van der Waals surface area contributed by atoms with Crippen molar-refractivity contribution in [1.29, 1.82) is 0 Å². The average molecular weight is 265 g/mol.